The maximum absolute atomic E-state index is 12.8. The van der Waals surface area contributed by atoms with Gasteiger partial charge in [-0.15, -0.1) is 0 Å². The molecule has 1 aromatic rings. The number of ether oxygens (including phenoxy) is 1. The topological polar surface area (TPSA) is 32.7 Å². The first-order valence-corrected chi connectivity index (χ1v) is 5.89. The molecule has 0 saturated carbocycles. The third kappa shape index (κ3) is 3.17. The summed E-state index contributed by atoms with van der Waals surface area (Å²) in [5, 5.41) is 10.0. The molecule has 0 amide bonds. The highest BCUT2D eigenvalue weighted by molar-refractivity contribution is 5.45. The minimum Gasteiger partial charge on any atom is -0.391 e. The predicted molar refractivity (Wildman–Crippen MR) is 64.6 cm³/mol. The molecular formula is C13H18FNO2. The second-order valence-corrected chi connectivity index (χ2v) is 4.55. The number of anilines is 1. The van der Waals surface area contributed by atoms with Crippen LogP contribution in [0.5, 0.6) is 0 Å². The van der Waals surface area contributed by atoms with E-state index >= 15 is 0 Å². The summed E-state index contributed by atoms with van der Waals surface area (Å²) in [5.74, 6) is -0.0233. The van der Waals surface area contributed by atoms with Crippen molar-refractivity contribution < 1.29 is 14.2 Å². The monoisotopic (exact) mass is 239 g/mol. The van der Waals surface area contributed by atoms with Crippen LogP contribution in [0.25, 0.3) is 0 Å². The zero-order valence-electron chi connectivity index (χ0n) is 9.97. The van der Waals surface area contributed by atoms with E-state index in [2.05, 4.69) is 0 Å². The van der Waals surface area contributed by atoms with Crippen molar-refractivity contribution in [3.05, 3.63) is 30.1 Å². The molecule has 0 aliphatic carbocycles. The van der Waals surface area contributed by atoms with Crippen molar-refractivity contribution >= 4 is 5.69 Å². The van der Waals surface area contributed by atoms with Gasteiger partial charge in [-0.05, 0) is 30.7 Å². The molecule has 0 spiro atoms. The lowest BCUT2D eigenvalue weighted by Crippen LogP contribution is -2.34. The molecule has 1 N–H and O–H groups in total. The van der Waals surface area contributed by atoms with Crippen molar-refractivity contribution in [2.45, 2.75) is 12.5 Å². The summed E-state index contributed by atoms with van der Waals surface area (Å²) in [4.78, 5) is 1.93. The number of likely N-dealkylation sites (N-methyl/N-ethyl adjacent to an activating group) is 1. The lowest BCUT2D eigenvalue weighted by atomic mass is 10.0. The molecule has 94 valence electrons. The third-order valence-electron chi connectivity index (χ3n) is 3.24. The SMILES string of the molecule is CN(CC(O)C1CCOC1)c1ccc(F)cc1. The van der Waals surface area contributed by atoms with E-state index < -0.39 is 6.10 Å². The Balaban J connectivity index is 1.91. The van der Waals surface area contributed by atoms with Gasteiger partial charge < -0.3 is 14.7 Å². The van der Waals surface area contributed by atoms with Crippen molar-refractivity contribution in [1.29, 1.82) is 0 Å². The minimum absolute atomic E-state index is 0.220. The molecule has 1 aliphatic rings. The van der Waals surface area contributed by atoms with Crippen LogP contribution in [0.2, 0.25) is 0 Å². The average Bonchev–Trinajstić information content (AvgIpc) is 2.83. The third-order valence-corrected chi connectivity index (χ3v) is 3.24. The van der Waals surface area contributed by atoms with Gasteiger partial charge in [0.05, 0.1) is 12.7 Å². The molecule has 0 bridgehead atoms. The van der Waals surface area contributed by atoms with Crippen LogP contribution in [0, 0.1) is 11.7 Å². The highest BCUT2D eigenvalue weighted by Gasteiger charge is 2.24. The van der Waals surface area contributed by atoms with E-state index in [4.69, 9.17) is 4.74 Å². The molecular weight excluding hydrogens is 221 g/mol. The van der Waals surface area contributed by atoms with Crippen molar-refractivity contribution in [2.24, 2.45) is 5.92 Å². The number of hydrogen-bond donors (Lipinski definition) is 1. The predicted octanol–water partition coefficient (Wildman–Crippen LogP) is 1.66. The Bertz CT molecular complexity index is 349. The summed E-state index contributed by atoms with van der Waals surface area (Å²) in [7, 11) is 1.90. The average molecular weight is 239 g/mol. The van der Waals surface area contributed by atoms with E-state index in [0.29, 0.717) is 13.2 Å². The largest absolute Gasteiger partial charge is 0.391 e. The van der Waals surface area contributed by atoms with E-state index in [1.54, 1.807) is 12.1 Å². The number of benzene rings is 1. The fourth-order valence-electron chi connectivity index (χ4n) is 2.09. The minimum atomic E-state index is -0.396. The number of rotatable bonds is 4. The summed E-state index contributed by atoms with van der Waals surface area (Å²) >= 11 is 0. The van der Waals surface area contributed by atoms with Gasteiger partial charge in [0.25, 0.3) is 0 Å². The summed E-state index contributed by atoms with van der Waals surface area (Å²) in [6, 6.07) is 6.29. The summed E-state index contributed by atoms with van der Waals surface area (Å²) < 4.78 is 18.0. The maximum atomic E-state index is 12.8. The molecule has 2 rings (SSSR count). The molecule has 17 heavy (non-hydrogen) atoms. The van der Waals surface area contributed by atoms with Gasteiger partial charge in [-0.3, -0.25) is 0 Å². The molecule has 2 unspecified atom stereocenters. The van der Waals surface area contributed by atoms with Crippen LogP contribution in [0.3, 0.4) is 0 Å². The number of hydrogen-bond acceptors (Lipinski definition) is 3. The first-order valence-electron chi connectivity index (χ1n) is 5.89. The highest BCUT2D eigenvalue weighted by atomic mass is 19.1. The Kier molecular flexibility index (Phi) is 3.97. The maximum Gasteiger partial charge on any atom is 0.123 e. The molecule has 2 atom stereocenters. The standard InChI is InChI=1S/C13H18FNO2/c1-15(12-4-2-11(14)3-5-12)8-13(16)10-6-7-17-9-10/h2-5,10,13,16H,6-9H2,1H3. The molecule has 1 fully saturated rings. The number of halogens is 1. The van der Waals surface area contributed by atoms with Gasteiger partial charge in [-0.1, -0.05) is 0 Å². The molecule has 0 radical (unpaired) electrons. The highest BCUT2D eigenvalue weighted by Crippen LogP contribution is 2.19. The number of aliphatic hydroxyl groups is 1. The second-order valence-electron chi connectivity index (χ2n) is 4.55. The first kappa shape index (κ1) is 12.3. The fourth-order valence-corrected chi connectivity index (χ4v) is 2.09. The van der Waals surface area contributed by atoms with Crippen molar-refractivity contribution in [3.8, 4) is 0 Å². The smallest absolute Gasteiger partial charge is 0.123 e. The van der Waals surface area contributed by atoms with Crippen molar-refractivity contribution in [1.82, 2.24) is 0 Å². The van der Waals surface area contributed by atoms with E-state index in [-0.39, 0.29) is 11.7 Å². The Morgan fingerprint density at radius 2 is 2.18 bits per heavy atom. The zero-order valence-corrected chi connectivity index (χ0v) is 9.97. The van der Waals surface area contributed by atoms with Gasteiger partial charge in [-0.2, -0.15) is 0 Å². The molecule has 1 saturated heterocycles. The first-order chi connectivity index (χ1) is 8.16. The van der Waals surface area contributed by atoms with E-state index in [1.807, 2.05) is 11.9 Å². The zero-order chi connectivity index (χ0) is 12.3. The Labute approximate surface area is 101 Å². The quantitative estimate of drug-likeness (QED) is 0.867. The van der Waals surface area contributed by atoms with Crippen LogP contribution in [0.4, 0.5) is 10.1 Å². The van der Waals surface area contributed by atoms with Crippen LogP contribution in [0.15, 0.2) is 24.3 Å². The van der Waals surface area contributed by atoms with Gasteiger partial charge in [-0.25, -0.2) is 4.39 Å². The van der Waals surface area contributed by atoms with Crippen LogP contribution >= 0.6 is 0 Å². The Morgan fingerprint density at radius 3 is 2.76 bits per heavy atom. The van der Waals surface area contributed by atoms with Gasteiger partial charge in [0, 0.05) is 31.8 Å². The normalized spacial score (nSPS) is 21.5. The second kappa shape index (κ2) is 5.47. The lowest BCUT2D eigenvalue weighted by molar-refractivity contribution is 0.0970. The van der Waals surface area contributed by atoms with Crippen LogP contribution in [-0.4, -0.2) is 38.0 Å². The molecule has 4 heteroatoms. The van der Waals surface area contributed by atoms with E-state index in [0.717, 1.165) is 18.7 Å². The Morgan fingerprint density at radius 1 is 1.47 bits per heavy atom. The Hall–Kier alpha value is -1.13. The van der Waals surface area contributed by atoms with E-state index in [1.165, 1.54) is 12.1 Å². The molecule has 3 nitrogen and oxygen atoms in total. The molecule has 1 aliphatic heterocycles. The molecule has 1 aromatic carbocycles. The number of nitrogens with zero attached hydrogens (tertiary/aromatic N) is 1. The fraction of sp³-hybridized carbons (Fsp3) is 0.538. The van der Waals surface area contributed by atoms with E-state index in [9.17, 15) is 9.50 Å². The van der Waals surface area contributed by atoms with Gasteiger partial charge in [0.15, 0.2) is 0 Å². The van der Waals surface area contributed by atoms with Crippen LogP contribution < -0.4 is 4.90 Å². The van der Waals surface area contributed by atoms with Gasteiger partial charge >= 0.3 is 0 Å². The van der Waals surface area contributed by atoms with Crippen LogP contribution in [0.1, 0.15) is 6.42 Å². The van der Waals surface area contributed by atoms with Gasteiger partial charge in [0.1, 0.15) is 5.82 Å². The summed E-state index contributed by atoms with van der Waals surface area (Å²) in [6.45, 7) is 1.92. The molecule has 0 aromatic heterocycles. The van der Waals surface area contributed by atoms with Gasteiger partial charge in [0.2, 0.25) is 0 Å². The molecule has 1 heterocycles. The summed E-state index contributed by atoms with van der Waals surface area (Å²) in [5.41, 5.74) is 0.907. The lowest BCUT2D eigenvalue weighted by Gasteiger charge is -2.25. The van der Waals surface area contributed by atoms with Crippen molar-refractivity contribution in [2.75, 3.05) is 31.7 Å². The summed E-state index contributed by atoms with van der Waals surface area (Å²) in [6.07, 6.45) is 0.519. The van der Waals surface area contributed by atoms with Crippen LogP contribution in [-0.2, 0) is 4.74 Å². The van der Waals surface area contributed by atoms with Crippen molar-refractivity contribution in [3.63, 3.8) is 0 Å². The number of aliphatic hydroxyl groups excluding tert-OH is 1.